The molecule has 0 saturated carbocycles. The van der Waals surface area contributed by atoms with E-state index < -0.39 is 0 Å². The fourth-order valence-electron chi connectivity index (χ4n) is 3.27. The van der Waals surface area contributed by atoms with E-state index in [1.165, 1.54) is 58.0 Å². The molecule has 2 heterocycles. The lowest BCUT2D eigenvalue weighted by molar-refractivity contribution is 0.0196. The molecule has 2 unspecified atom stereocenters. The quantitative estimate of drug-likeness (QED) is 0.857. The molecule has 0 aromatic rings. The lowest BCUT2D eigenvalue weighted by atomic mass is 10.1. The van der Waals surface area contributed by atoms with Crippen LogP contribution in [0.4, 0.5) is 0 Å². The van der Waals surface area contributed by atoms with Crippen molar-refractivity contribution in [2.75, 3.05) is 26.2 Å². The van der Waals surface area contributed by atoms with E-state index in [4.69, 9.17) is 4.74 Å². The first kappa shape index (κ1) is 16.3. The van der Waals surface area contributed by atoms with Gasteiger partial charge >= 0.3 is 0 Å². The summed E-state index contributed by atoms with van der Waals surface area (Å²) in [4.78, 5) is 2.64. The van der Waals surface area contributed by atoms with Crippen LogP contribution >= 0.6 is 0 Å². The lowest BCUT2D eigenvalue weighted by Gasteiger charge is -2.27. The molecule has 3 heteroatoms. The highest BCUT2D eigenvalue weighted by Gasteiger charge is 2.27. The Hall–Kier alpha value is -0.120. The van der Waals surface area contributed by atoms with Crippen LogP contribution in [0.3, 0.4) is 0 Å². The van der Waals surface area contributed by atoms with E-state index in [-0.39, 0.29) is 5.54 Å². The third kappa shape index (κ3) is 6.11. The lowest BCUT2D eigenvalue weighted by Crippen LogP contribution is -2.41. The van der Waals surface area contributed by atoms with Crippen molar-refractivity contribution in [3.8, 4) is 0 Å². The van der Waals surface area contributed by atoms with E-state index in [1.807, 2.05) is 0 Å². The molecule has 2 aliphatic heterocycles. The van der Waals surface area contributed by atoms with Gasteiger partial charge in [-0.2, -0.15) is 0 Å². The molecule has 0 aliphatic carbocycles. The second-order valence-electron chi connectivity index (χ2n) is 7.66. The van der Waals surface area contributed by atoms with Gasteiger partial charge in [0.25, 0.3) is 0 Å². The minimum absolute atomic E-state index is 0.199. The smallest absolute Gasteiger partial charge is 0.0707 e. The van der Waals surface area contributed by atoms with E-state index in [0.29, 0.717) is 12.2 Å². The molecule has 118 valence electrons. The molecule has 2 fully saturated rings. The summed E-state index contributed by atoms with van der Waals surface area (Å²) in [5.74, 6) is 0. The van der Waals surface area contributed by atoms with Crippen molar-refractivity contribution >= 4 is 0 Å². The fourth-order valence-corrected chi connectivity index (χ4v) is 3.27. The predicted octanol–water partition coefficient (Wildman–Crippen LogP) is 3.19. The van der Waals surface area contributed by atoms with Gasteiger partial charge in [-0.05, 0) is 59.5 Å². The second kappa shape index (κ2) is 7.77. The number of hydrogen-bond donors (Lipinski definition) is 1. The highest BCUT2D eigenvalue weighted by Crippen LogP contribution is 2.22. The van der Waals surface area contributed by atoms with Crippen molar-refractivity contribution in [2.24, 2.45) is 0 Å². The number of ether oxygens (including phenoxy) is 1. The van der Waals surface area contributed by atoms with Gasteiger partial charge in [0, 0.05) is 18.6 Å². The van der Waals surface area contributed by atoms with Gasteiger partial charge in [-0.3, -0.25) is 0 Å². The minimum Gasteiger partial charge on any atom is -0.372 e. The van der Waals surface area contributed by atoms with Crippen molar-refractivity contribution in [3.63, 3.8) is 0 Å². The third-order valence-corrected chi connectivity index (χ3v) is 4.47. The molecule has 0 aromatic heterocycles. The fraction of sp³-hybridized carbons (Fsp3) is 1.00. The first-order valence-corrected chi connectivity index (χ1v) is 8.66. The van der Waals surface area contributed by atoms with E-state index >= 15 is 0 Å². The molecule has 2 aliphatic rings. The van der Waals surface area contributed by atoms with Crippen molar-refractivity contribution in [1.82, 2.24) is 10.2 Å². The Balaban J connectivity index is 1.67. The molecular formula is C17H34N2O. The monoisotopic (exact) mass is 282 g/mol. The molecule has 0 aromatic carbocycles. The highest BCUT2D eigenvalue weighted by atomic mass is 16.5. The van der Waals surface area contributed by atoms with Gasteiger partial charge in [-0.25, -0.2) is 0 Å². The SMILES string of the molecule is CC(C)(C)NCC1CCC(CN2CCCCCCC2)O1. The zero-order valence-corrected chi connectivity index (χ0v) is 13.8. The highest BCUT2D eigenvalue weighted by molar-refractivity contribution is 4.81. The van der Waals surface area contributed by atoms with Crippen LogP contribution in [0.25, 0.3) is 0 Å². The summed E-state index contributed by atoms with van der Waals surface area (Å²) in [5, 5.41) is 3.57. The molecule has 0 amide bonds. The van der Waals surface area contributed by atoms with Gasteiger partial charge < -0.3 is 15.0 Å². The van der Waals surface area contributed by atoms with Crippen LogP contribution in [0, 0.1) is 0 Å². The normalized spacial score (nSPS) is 30.1. The number of nitrogens with one attached hydrogen (secondary N) is 1. The molecule has 2 rings (SSSR count). The predicted molar refractivity (Wildman–Crippen MR) is 85.2 cm³/mol. The zero-order chi connectivity index (χ0) is 14.4. The zero-order valence-electron chi connectivity index (χ0n) is 13.8. The van der Waals surface area contributed by atoms with Crippen molar-refractivity contribution in [2.45, 2.75) is 83.5 Å². The van der Waals surface area contributed by atoms with Gasteiger partial charge in [0.15, 0.2) is 0 Å². The van der Waals surface area contributed by atoms with E-state index in [9.17, 15) is 0 Å². The Labute approximate surface area is 125 Å². The summed E-state index contributed by atoms with van der Waals surface area (Å²) in [6.07, 6.45) is 10.4. The number of rotatable bonds is 4. The Bertz CT molecular complexity index is 267. The maximum atomic E-state index is 6.23. The minimum atomic E-state index is 0.199. The third-order valence-electron chi connectivity index (χ3n) is 4.47. The number of likely N-dealkylation sites (tertiary alicyclic amines) is 1. The maximum absolute atomic E-state index is 6.23. The first-order valence-electron chi connectivity index (χ1n) is 8.66. The summed E-state index contributed by atoms with van der Waals surface area (Å²) < 4.78 is 6.23. The van der Waals surface area contributed by atoms with Gasteiger partial charge in [0.05, 0.1) is 12.2 Å². The maximum Gasteiger partial charge on any atom is 0.0707 e. The molecule has 20 heavy (non-hydrogen) atoms. The van der Waals surface area contributed by atoms with Crippen molar-refractivity contribution < 1.29 is 4.74 Å². The van der Waals surface area contributed by atoms with Gasteiger partial charge in [-0.1, -0.05) is 19.3 Å². The molecule has 2 saturated heterocycles. The largest absolute Gasteiger partial charge is 0.372 e. The molecule has 1 N–H and O–H groups in total. The van der Waals surface area contributed by atoms with E-state index in [2.05, 4.69) is 31.0 Å². The standard InChI is InChI=1S/C17H34N2O/c1-17(2,3)18-13-15-9-10-16(20-15)14-19-11-7-5-4-6-8-12-19/h15-16,18H,4-14H2,1-3H3. The van der Waals surface area contributed by atoms with E-state index in [1.54, 1.807) is 0 Å². The molecule has 0 bridgehead atoms. The Morgan fingerprint density at radius 3 is 2.20 bits per heavy atom. The summed E-state index contributed by atoms with van der Waals surface area (Å²) >= 11 is 0. The van der Waals surface area contributed by atoms with Crippen LogP contribution in [0.1, 0.15) is 65.7 Å². The Morgan fingerprint density at radius 2 is 1.55 bits per heavy atom. The summed E-state index contributed by atoms with van der Waals surface area (Å²) in [6, 6.07) is 0. The molecular weight excluding hydrogens is 248 g/mol. The topological polar surface area (TPSA) is 24.5 Å². The summed E-state index contributed by atoms with van der Waals surface area (Å²) in [6.45, 7) is 11.4. The van der Waals surface area contributed by atoms with Crippen molar-refractivity contribution in [3.05, 3.63) is 0 Å². The van der Waals surface area contributed by atoms with Gasteiger partial charge in [-0.15, -0.1) is 0 Å². The van der Waals surface area contributed by atoms with E-state index in [0.717, 1.165) is 13.1 Å². The number of hydrogen-bond acceptors (Lipinski definition) is 3. The van der Waals surface area contributed by atoms with Crippen molar-refractivity contribution in [1.29, 1.82) is 0 Å². The molecule has 2 atom stereocenters. The first-order chi connectivity index (χ1) is 9.53. The number of nitrogens with zero attached hydrogens (tertiary/aromatic N) is 1. The Morgan fingerprint density at radius 1 is 0.950 bits per heavy atom. The molecule has 0 radical (unpaired) electrons. The van der Waals surface area contributed by atoms with Crippen LogP contribution in [0.15, 0.2) is 0 Å². The van der Waals surface area contributed by atoms with Crippen LogP contribution < -0.4 is 5.32 Å². The molecule has 3 nitrogen and oxygen atoms in total. The van der Waals surface area contributed by atoms with Crippen LogP contribution in [0.5, 0.6) is 0 Å². The Kier molecular flexibility index (Phi) is 6.31. The summed E-state index contributed by atoms with van der Waals surface area (Å²) in [7, 11) is 0. The van der Waals surface area contributed by atoms with Crippen LogP contribution in [-0.4, -0.2) is 48.8 Å². The summed E-state index contributed by atoms with van der Waals surface area (Å²) in [5.41, 5.74) is 0.199. The average molecular weight is 282 g/mol. The second-order valence-corrected chi connectivity index (χ2v) is 7.66. The molecule has 0 spiro atoms. The van der Waals surface area contributed by atoms with Crippen LogP contribution in [0.2, 0.25) is 0 Å². The van der Waals surface area contributed by atoms with Gasteiger partial charge in [0.2, 0.25) is 0 Å². The average Bonchev–Trinajstić information content (AvgIpc) is 2.77. The van der Waals surface area contributed by atoms with Crippen LogP contribution in [-0.2, 0) is 4.74 Å². The van der Waals surface area contributed by atoms with Gasteiger partial charge in [0.1, 0.15) is 0 Å².